The number of nitrogens with zero attached hydrogens (tertiary/aromatic N) is 1. The van der Waals surface area contributed by atoms with E-state index in [4.69, 9.17) is 11.6 Å². The maximum Gasteiger partial charge on any atom is 0.226 e. The number of benzene rings is 1. The second-order valence-electron chi connectivity index (χ2n) is 6.30. The molecule has 1 aromatic carbocycles. The molecule has 4 nitrogen and oxygen atoms in total. The van der Waals surface area contributed by atoms with Crippen molar-refractivity contribution in [1.82, 2.24) is 4.90 Å². The van der Waals surface area contributed by atoms with Crippen LogP contribution < -0.4 is 0 Å². The molecule has 2 aliphatic rings. The molecule has 1 heterocycles. The van der Waals surface area contributed by atoms with E-state index in [1.807, 2.05) is 17.0 Å². The molecule has 118 valence electrons. The van der Waals surface area contributed by atoms with Gasteiger partial charge in [-0.1, -0.05) is 23.7 Å². The molecule has 1 saturated heterocycles. The Kier molecular flexibility index (Phi) is 4.50. The van der Waals surface area contributed by atoms with E-state index < -0.39 is 6.10 Å². The van der Waals surface area contributed by atoms with Crippen molar-refractivity contribution in [2.24, 2.45) is 11.8 Å². The van der Waals surface area contributed by atoms with Crippen molar-refractivity contribution in [3.05, 3.63) is 34.9 Å². The number of aliphatic hydroxyl groups excluding tert-OH is 1. The summed E-state index contributed by atoms with van der Waals surface area (Å²) in [5, 5.41) is 11.1. The molecule has 0 spiro atoms. The fraction of sp³-hybridized carbons (Fsp3) is 0.529. The third-order valence-electron chi connectivity index (χ3n) is 4.81. The standard InChI is InChI=1S/C17H20ClNO3/c18-14-3-1-11(2-4-14)16(21)12-5-7-19(8-6-12)17(22)13-9-15(20)10-13/h1-4,12-13,16,21H,5-10H2. The van der Waals surface area contributed by atoms with Gasteiger partial charge in [0.05, 0.1) is 12.0 Å². The Balaban J connectivity index is 1.53. The second kappa shape index (κ2) is 6.39. The molecule has 5 heteroatoms. The van der Waals surface area contributed by atoms with Crippen LogP contribution in [-0.2, 0) is 9.59 Å². The highest BCUT2D eigenvalue weighted by Crippen LogP contribution is 2.33. The van der Waals surface area contributed by atoms with Crippen LogP contribution in [0.5, 0.6) is 0 Å². The summed E-state index contributed by atoms with van der Waals surface area (Å²) in [6.45, 7) is 1.33. The number of carbonyl (C=O) groups excluding carboxylic acids is 2. The number of amides is 1. The lowest BCUT2D eigenvalue weighted by molar-refractivity contribution is -0.146. The number of halogens is 1. The third-order valence-corrected chi connectivity index (χ3v) is 5.06. The van der Waals surface area contributed by atoms with Gasteiger partial charge < -0.3 is 10.0 Å². The maximum absolute atomic E-state index is 12.2. The molecule has 1 amide bonds. The first-order chi connectivity index (χ1) is 10.5. The first-order valence-corrected chi connectivity index (χ1v) is 8.16. The highest BCUT2D eigenvalue weighted by molar-refractivity contribution is 6.30. The molecule has 1 aromatic rings. The Bertz CT molecular complexity index is 556. The SMILES string of the molecule is O=C1CC(C(=O)N2CCC(C(O)c3ccc(Cl)cc3)CC2)C1. The molecule has 1 aliphatic carbocycles. The van der Waals surface area contributed by atoms with Crippen molar-refractivity contribution in [3.8, 4) is 0 Å². The summed E-state index contributed by atoms with van der Waals surface area (Å²) < 4.78 is 0. The van der Waals surface area contributed by atoms with Gasteiger partial charge in [-0.05, 0) is 36.5 Å². The van der Waals surface area contributed by atoms with Crippen LogP contribution in [0.4, 0.5) is 0 Å². The summed E-state index contributed by atoms with van der Waals surface area (Å²) in [6, 6.07) is 7.27. The molecular formula is C17H20ClNO3. The van der Waals surface area contributed by atoms with Gasteiger partial charge in [0.1, 0.15) is 5.78 Å². The molecule has 1 saturated carbocycles. The zero-order valence-corrected chi connectivity index (χ0v) is 13.1. The zero-order valence-electron chi connectivity index (χ0n) is 12.4. The van der Waals surface area contributed by atoms with Crippen molar-refractivity contribution in [3.63, 3.8) is 0 Å². The van der Waals surface area contributed by atoms with Crippen LogP contribution in [0.2, 0.25) is 5.02 Å². The van der Waals surface area contributed by atoms with Crippen LogP contribution in [0, 0.1) is 11.8 Å². The Labute approximate surface area is 135 Å². The zero-order chi connectivity index (χ0) is 15.7. The van der Waals surface area contributed by atoms with Gasteiger partial charge in [-0.25, -0.2) is 0 Å². The van der Waals surface area contributed by atoms with Crippen LogP contribution >= 0.6 is 11.6 Å². The van der Waals surface area contributed by atoms with Gasteiger partial charge in [0, 0.05) is 31.0 Å². The number of rotatable bonds is 3. The quantitative estimate of drug-likeness (QED) is 0.931. The van der Waals surface area contributed by atoms with Gasteiger partial charge in [0.15, 0.2) is 0 Å². The molecule has 0 bridgehead atoms. The summed E-state index contributed by atoms with van der Waals surface area (Å²) in [6.07, 6.45) is 1.88. The van der Waals surface area contributed by atoms with Crippen molar-refractivity contribution in [1.29, 1.82) is 0 Å². The molecule has 0 aromatic heterocycles. The minimum absolute atomic E-state index is 0.0924. The average molecular weight is 322 g/mol. The smallest absolute Gasteiger partial charge is 0.226 e. The van der Waals surface area contributed by atoms with Gasteiger partial charge in [0.2, 0.25) is 5.91 Å². The minimum atomic E-state index is -0.514. The van der Waals surface area contributed by atoms with Gasteiger partial charge in [0.25, 0.3) is 0 Å². The van der Waals surface area contributed by atoms with E-state index in [0.717, 1.165) is 18.4 Å². The largest absolute Gasteiger partial charge is 0.388 e. The topological polar surface area (TPSA) is 57.6 Å². The van der Waals surface area contributed by atoms with Gasteiger partial charge in [-0.3, -0.25) is 9.59 Å². The van der Waals surface area contributed by atoms with Gasteiger partial charge in [-0.15, -0.1) is 0 Å². The van der Waals surface area contributed by atoms with E-state index in [9.17, 15) is 14.7 Å². The maximum atomic E-state index is 12.2. The average Bonchev–Trinajstić information content (AvgIpc) is 2.51. The number of Topliss-reactive ketones (excluding diaryl/α,β-unsaturated/α-hetero) is 1. The summed E-state index contributed by atoms with van der Waals surface area (Å²) >= 11 is 5.87. The molecule has 1 atom stereocenters. The molecule has 1 N–H and O–H groups in total. The van der Waals surface area contributed by atoms with Crippen LogP contribution in [0.25, 0.3) is 0 Å². The Hall–Kier alpha value is -1.39. The van der Waals surface area contributed by atoms with E-state index in [0.29, 0.717) is 31.0 Å². The number of piperidine rings is 1. The fourth-order valence-corrected chi connectivity index (χ4v) is 3.42. The first-order valence-electron chi connectivity index (χ1n) is 7.78. The number of aliphatic hydroxyl groups is 1. The highest BCUT2D eigenvalue weighted by atomic mass is 35.5. The van der Waals surface area contributed by atoms with Gasteiger partial charge >= 0.3 is 0 Å². The van der Waals surface area contributed by atoms with E-state index in [1.54, 1.807) is 12.1 Å². The van der Waals surface area contributed by atoms with Crippen LogP contribution in [0.3, 0.4) is 0 Å². The molecule has 1 aliphatic heterocycles. The van der Waals surface area contributed by atoms with E-state index >= 15 is 0 Å². The second-order valence-corrected chi connectivity index (χ2v) is 6.74. The first kappa shape index (κ1) is 15.5. The lowest BCUT2D eigenvalue weighted by Gasteiger charge is -2.37. The monoisotopic (exact) mass is 321 g/mol. The molecule has 2 fully saturated rings. The lowest BCUT2D eigenvalue weighted by Crippen LogP contribution is -2.46. The minimum Gasteiger partial charge on any atom is -0.388 e. The number of likely N-dealkylation sites (tertiary alicyclic amines) is 1. The Morgan fingerprint density at radius 2 is 1.77 bits per heavy atom. The molecule has 1 unspecified atom stereocenters. The number of hydrogen-bond donors (Lipinski definition) is 1. The highest BCUT2D eigenvalue weighted by Gasteiger charge is 2.37. The number of hydrogen-bond acceptors (Lipinski definition) is 3. The normalized spacial score (nSPS) is 21.5. The van der Waals surface area contributed by atoms with E-state index in [-0.39, 0.29) is 23.5 Å². The summed E-state index contributed by atoms with van der Waals surface area (Å²) in [4.78, 5) is 25.1. The van der Waals surface area contributed by atoms with Crippen molar-refractivity contribution in [2.45, 2.75) is 31.8 Å². The van der Waals surface area contributed by atoms with Crippen LogP contribution in [-0.4, -0.2) is 34.8 Å². The van der Waals surface area contributed by atoms with Crippen molar-refractivity contribution in [2.75, 3.05) is 13.1 Å². The van der Waals surface area contributed by atoms with Crippen LogP contribution in [0.15, 0.2) is 24.3 Å². The summed E-state index contributed by atoms with van der Waals surface area (Å²) in [5.74, 6) is 0.365. The Morgan fingerprint density at radius 3 is 2.32 bits per heavy atom. The number of ketones is 1. The Morgan fingerprint density at radius 1 is 1.18 bits per heavy atom. The van der Waals surface area contributed by atoms with Crippen molar-refractivity contribution < 1.29 is 14.7 Å². The lowest BCUT2D eigenvalue weighted by atomic mass is 9.81. The van der Waals surface area contributed by atoms with Crippen molar-refractivity contribution >= 4 is 23.3 Å². The number of carbonyl (C=O) groups is 2. The van der Waals surface area contributed by atoms with E-state index in [2.05, 4.69) is 0 Å². The predicted molar refractivity (Wildman–Crippen MR) is 83.4 cm³/mol. The van der Waals surface area contributed by atoms with E-state index in [1.165, 1.54) is 0 Å². The predicted octanol–water partition coefficient (Wildman–Crippen LogP) is 2.59. The molecule has 0 radical (unpaired) electrons. The third kappa shape index (κ3) is 3.18. The molecule has 3 rings (SSSR count). The summed E-state index contributed by atoms with van der Waals surface area (Å²) in [5.41, 5.74) is 0.874. The molecule has 22 heavy (non-hydrogen) atoms. The summed E-state index contributed by atoms with van der Waals surface area (Å²) in [7, 11) is 0. The van der Waals surface area contributed by atoms with Crippen LogP contribution in [0.1, 0.15) is 37.4 Å². The molecular weight excluding hydrogens is 302 g/mol. The fourth-order valence-electron chi connectivity index (χ4n) is 3.29. The van der Waals surface area contributed by atoms with Gasteiger partial charge in [-0.2, -0.15) is 0 Å².